The first kappa shape index (κ1) is 15.5. The van der Waals surface area contributed by atoms with Crippen molar-refractivity contribution in [3.05, 3.63) is 22.3 Å². The summed E-state index contributed by atoms with van der Waals surface area (Å²) in [5.41, 5.74) is -0.793. The molecule has 8 heteroatoms. The van der Waals surface area contributed by atoms with Crippen LogP contribution in [0.4, 0.5) is 19.0 Å². The van der Waals surface area contributed by atoms with Gasteiger partial charge in [-0.05, 0) is 28.9 Å². The van der Waals surface area contributed by atoms with Gasteiger partial charge in [0.25, 0.3) is 0 Å². The molecule has 2 unspecified atom stereocenters. The van der Waals surface area contributed by atoms with E-state index in [1.54, 1.807) is 0 Å². The lowest BCUT2D eigenvalue weighted by Crippen LogP contribution is -2.34. The van der Waals surface area contributed by atoms with Crippen LogP contribution in [0.3, 0.4) is 0 Å². The van der Waals surface area contributed by atoms with Gasteiger partial charge in [-0.2, -0.15) is 13.2 Å². The Morgan fingerprint density at radius 2 is 2.25 bits per heavy atom. The summed E-state index contributed by atoms with van der Waals surface area (Å²) in [6.07, 6.45) is -3.73. The molecule has 2 heterocycles. The molecule has 1 fully saturated rings. The highest BCUT2D eigenvalue weighted by molar-refractivity contribution is 9.10. The summed E-state index contributed by atoms with van der Waals surface area (Å²) in [6.45, 7) is 3.32. The summed E-state index contributed by atoms with van der Waals surface area (Å²) < 4.78 is 48.7. The van der Waals surface area contributed by atoms with E-state index in [-0.39, 0.29) is 16.6 Å². The SMILES string of the molecule is CCOC1COCC1Nc1ncc(C(F)(F)F)cc1Br. The molecule has 1 aliphatic rings. The molecule has 1 aliphatic heterocycles. The number of hydrogen-bond acceptors (Lipinski definition) is 4. The number of ether oxygens (including phenoxy) is 2. The van der Waals surface area contributed by atoms with Gasteiger partial charge in [-0.1, -0.05) is 0 Å². The fraction of sp³-hybridized carbons (Fsp3) is 0.583. The van der Waals surface area contributed by atoms with Crippen molar-refractivity contribution in [2.45, 2.75) is 25.2 Å². The van der Waals surface area contributed by atoms with Gasteiger partial charge in [-0.25, -0.2) is 4.98 Å². The molecule has 112 valence electrons. The van der Waals surface area contributed by atoms with Crippen molar-refractivity contribution >= 4 is 21.7 Å². The maximum absolute atomic E-state index is 12.5. The standard InChI is InChI=1S/C12H14BrF3N2O2/c1-2-20-10-6-19-5-9(10)18-11-8(13)3-7(4-17-11)12(14,15)16/h3-4,9-10H,2,5-6H2,1H3,(H,17,18). The molecule has 0 aromatic carbocycles. The van der Waals surface area contributed by atoms with E-state index >= 15 is 0 Å². The highest BCUT2D eigenvalue weighted by Gasteiger charge is 2.33. The summed E-state index contributed by atoms with van der Waals surface area (Å²) >= 11 is 3.10. The Labute approximate surface area is 122 Å². The normalized spacial score (nSPS) is 23.1. The van der Waals surface area contributed by atoms with Gasteiger partial charge in [0, 0.05) is 12.8 Å². The maximum atomic E-state index is 12.5. The predicted molar refractivity (Wildman–Crippen MR) is 70.6 cm³/mol. The van der Waals surface area contributed by atoms with Crippen LogP contribution in [0.15, 0.2) is 16.7 Å². The molecule has 2 atom stereocenters. The average molecular weight is 355 g/mol. The van der Waals surface area contributed by atoms with E-state index in [1.165, 1.54) is 0 Å². The second-order valence-electron chi connectivity index (χ2n) is 4.33. The van der Waals surface area contributed by atoms with Gasteiger partial charge < -0.3 is 14.8 Å². The fourth-order valence-corrected chi connectivity index (χ4v) is 2.39. The zero-order valence-corrected chi connectivity index (χ0v) is 12.3. The van der Waals surface area contributed by atoms with Gasteiger partial charge in [0.1, 0.15) is 11.9 Å². The number of nitrogens with one attached hydrogen (secondary N) is 1. The van der Waals surface area contributed by atoms with E-state index in [0.29, 0.717) is 25.6 Å². The lowest BCUT2D eigenvalue weighted by Gasteiger charge is -2.20. The van der Waals surface area contributed by atoms with Gasteiger partial charge in [0.15, 0.2) is 0 Å². The second-order valence-corrected chi connectivity index (χ2v) is 5.19. The minimum atomic E-state index is -4.40. The lowest BCUT2D eigenvalue weighted by molar-refractivity contribution is -0.137. The molecule has 0 spiro atoms. The highest BCUT2D eigenvalue weighted by atomic mass is 79.9. The minimum Gasteiger partial charge on any atom is -0.376 e. The molecule has 0 saturated carbocycles. The molecular weight excluding hydrogens is 341 g/mol. The number of rotatable bonds is 4. The largest absolute Gasteiger partial charge is 0.417 e. The van der Waals surface area contributed by atoms with Crippen LogP contribution in [0.5, 0.6) is 0 Å². The number of halogens is 4. The van der Waals surface area contributed by atoms with Gasteiger partial charge in [-0.15, -0.1) is 0 Å². The summed E-state index contributed by atoms with van der Waals surface area (Å²) in [6, 6.07) is 0.872. The molecule has 0 aliphatic carbocycles. The smallest absolute Gasteiger partial charge is 0.376 e. The Morgan fingerprint density at radius 3 is 2.85 bits per heavy atom. The van der Waals surface area contributed by atoms with Crippen LogP contribution in [0, 0.1) is 0 Å². The number of alkyl halides is 3. The Balaban J connectivity index is 2.10. The van der Waals surface area contributed by atoms with Crippen LogP contribution < -0.4 is 5.32 Å². The van der Waals surface area contributed by atoms with E-state index in [2.05, 4.69) is 26.2 Å². The van der Waals surface area contributed by atoms with Crippen molar-refractivity contribution in [3.63, 3.8) is 0 Å². The van der Waals surface area contributed by atoms with Crippen LogP contribution >= 0.6 is 15.9 Å². The first-order valence-electron chi connectivity index (χ1n) is 6.10. The van der Waals surface area contributed by atoms with Gasteiger partial charge in [0.2, 0.25) is 0 Å². The van der Waals surface area contributed by atoms with E-state index < -0.39 is 11.7 Å². The molecule has 1 aromatic rings. The fourth-order valence-electron chi connectivity index (χ4n) is 1.92. The second kappa shape index (κ2) is 6.28. The molecule has 0 radical (unpaired) electrons. The first-order chi connectivity index (χ1) is 9.41. The zero-order valence-electron chi connectivity index (χ0n) is 10.7. The number of pyridine rings is 1. The molecule has 4 nitrogen and oxygen atoms in total. The van der Waals surface area contributed by atoms with Crippen molar-refractivity contribution in [1.29, 1.82) is 0 Å². The lowest BCUT2D eigenvalue weighted by atomic mass is 10.2. The predicted octanol–water partition coefficient (Wildman–Crippen LogP) is 3.08. The number of hydrogen-bond donors (Lipinski definition) is 1. The Morgan fingerprint density at radius 1 is 1.50 bits per heavy atom. The van der Waals surface area contributed by atoms with Gasteiger partial charge in [-0.3, -0.25) is 0 Å². The van der Waals surface area contributed by atoms with Crippen molar-refractivity contribution in [3.8, 4) is 0 Å². The number of anilines is 1. The van der Waals surface area contributed by atoms with E-state index in [4.69, 9.17) is 9.47 Å². The molecular formula is C12H14BrF3N2O2. The van der Waals surface area contributed by atoms with Crippen LogP contribution in [0.25, 0.3) is 0 Å². The Bertz CT molecular complexity index is 471. The number of aromatic nitrogens is 1. The third-order valence-corrected chi connectivity index (χ3v) is 3.50. The summed E-state index contributed by atoms with van der Waals surface area (Å²) in [5, 5.41) is 3.05. The monoisotopic (exact) mass is 354 g/mol. The average Bonchev–Trinajstić information content (AvgIpc) is 2.78. The van der Waals surface area contributed by atoms with Crippen LogP contribution in [-0.4, -0.2) is 37.0 Å². The van der Waals surface area contributed by atoms with Gasteiger partial charge >= 0.3 is 6.18 Å². The van der Waals surface area contributed by atoms with Crippen molar-refractivity contribution in [1.82, 2.24) is 4.98 Å². The Hall–Kier alpha value is -0.860. The molecule has 1 saturated heterocycles. The third-order valence-electron chi connectivity index (χ3n) is 2.90. The molecule has 20 heavy (non-hydrogen) atoms. The van der Waals surface area contributed by atoms with E-state index in [9.17, 15) is 13.2 Å². The van der Waals surface area contributed by atoms with Crippen LogP contribution in [0.1, 0.15) is 12.5 Å². The first-order valence-corrected chi connectivity index (χ1v) is 6.89. The molecule has 2 rings (SSSR count). The van der Waals surface area contributed by atoms with Crippen molar-refractivity contribution in [2.24, 2.45) is 0 Å². The topological polar surface area (TPSA) is 43.4 Å². The molecule has 1 N–H and O–H groups in total. The van der Waals surface area contributed by atoms with Crippen molar-refractivity contribution < 1.29 is 22.6 Å². The Kier molecular flexibility index (Phi) is 4.87. The number of nitrogens with zero attached hydrogens (tertiary/aromatic N) is 1. The van der Waals surface area contributed by atoms with E-state index in [0.717, 1.165) is 12.3 Å². The van der Waals surface area contributed by atoms with Gasteiger partial charge in [0.05, 0.1) is 29.3 Å². The highest BCUT2D eigenvalue weighted by Crippen LogP contribution is 2.33. The minimum absolute atomic E-state index is 0.129. The van der Waals surface area contributed by atoms with Crippen LogP contribution in [-0.2, 0) is 15.7 Å². The third kappa shape index (κ3) is 3.62. The quantitative estimate of drug-likeness (QED) is 0.902. The van der Waals surface area contributed by atoms with Crippen LogP contribution in [0.2, 0.25) is 0 Å². The van der Waals surface area contributed by atoms with Crippen molar-refractivity contribution in [2.75, 3.05) is 25.1 Å². The summed E-state index contributed by atoms with van der Waals surface area (Å²) in [7, 11) is 0. The molecule has 0 bridgehead atoms. The summed E-state index contributed by atoms with van der Waals surface area (Å²) in [4.78, 5) is 3.81. The molecule has 0 amide bonds. The zero-order chi connectivity index (χ0) is 14.8. The maximum Gasteiger partial charge on any atom is 0.417 e. The molecule has 1 aromatic heterocycles. The van der Waals surface area contributed by atoms with E-state index in [1.807, 2.05) is 6.92 Å². The summed E-state index contributed by atoms with van der Waals surface area (Å²) in [5.74, 6) is 0.346.